The summed E-state index contributed by atoms with van der Waals surface area (Å²) in [5.41, 5.74) is 6.24. The topological polar surface area (TPSA) is 80.9 Å². The molecule has 2 aromatic heterocycles. The number of carbonyl (C=O) groups is 1. The predicted octanol–water partition coefficient (Wildman–Crippen LogP) is 2.26. The third kappa shape index (κ3) is 2.77. The molecule has 0 fully saturated rings. The van der Waals surface area contributed by atoms with E-state index in [1.54, 1.807) is 6.20 Å². The van der Waals surface area contributed by atoms with Crippen LogP contribution < -0.4 is 11.1 Å². The van der Waals surface area contributed by atoms with Crippen molar-refractivity contribution in [1.29, 1.82) is 0 Å². The van der Waals surface area contributed by atoms with Crippen molar-refractivity contribution in [2.45, 2.75) is 13.0 Å². The number of nitrogen functional groups attached to an aromatic ring is 1. The Balaban J connectivity index is 2.15. The summed E-state index contributed by atoms with van der Waals surface area (Å²) in [4.78, 5) is 20.0. The quantitative estimate of drug-likeness (QED) is 0.846. The molecule has 0 spiro atoms. The minimum atomic E-state index is -0.317. The molecule has 7 heteroatoms. The zero-order chi connectivity index (χ0) is 13.1. The van der Waals surface area contributed by atoms with E-state index < -0.39 is 0 Å². The maximum atomic E-state index is 12.0. The molecule has 18 heavy (non-hydrogen) atoms. The predicted molar refractivity (Wildman–Crippen MR) is 71.7 cm³/mol. The maximum absolute atomic E-state index is 12.0. The molecule has 0 aliphatic rings. The first-order chi connectivity index (χ1) is 8.58. The van der Waals surface area contributed by atoms with Gasteiger partial charge in [-0.15, -0.1) is 11.3 Å². The maximum Gasteiger partial charge on any atom is 0.255 e. The van der Waals surface area contributed by atoms with Gasteiger partial charge in [-0.05, 0) is 13.0 Å². The van der Waals surface area contributed by atoms with Gasteiger partial charge in [0.05, 0.1) is 23.5 Å². The van der Waals surface area contributed by atoms with Gasteiger partial charge in [-0.25, -0.2) is 9.97 Å². The van der Waals surface area contributed by atoms with Gasteiger partial charge in [0.2, 0.25) is 0 Å². The van der Waals surface area contributed by atoms with E-state index in [-0.39, 0.29) is 22.7 Å². The summed E-state index contributed by atoms with van der Waals surface area (Å²) in [5.74, 6) is -0.317. The number of pyridine rings is 1. The lowest BCUT2D eigenvalue weighted by atomic mass is 10.2. The summed E-state index contributed by atoms with van der Waals surface area (Å²) in [5, 5.41) is 5.61. The first-order valence-corrected chi connectivity index (χ1v) is 6.45. The van der Waals surface area contributed by atoms with Crippen molar-refractivity contribution in [2.75, 3.05) is 5.73 Å². The highest BCUT2D eigenvalue weighted by Crippen LogP contribution is 2.19. The van der Waals surface area contributed by atoms with Crippen LogP contribution in [0.15, 0.2) is 23.8 Å². The number of aromatic nitrogens is 2. The zero-order valence-corrected chi connectivity index (χ0v) is 11.1. The monoisotopic (exact) mass is 282 g/mol. The number of anilines is 1. The van der Waals surface area contributed by atoms with Crippen molar-refractivity contribution < 1.29 is 4.79 Å². The largest absolute Gasteiger partial charge is 0.397 e. The fourth-order valence-corrected chi connectivity index (χ4v) is 2.24. The van der Waals surface area contributed by atoms with Crippen molar-refractivity contribution in [2.24, 2.45) is 0 Å². The van der Waals surface area contributed by atoms with E-state index in [2.05, 4.69) is 15.3 Å². The molecule has 1 unspecified atom stereocenters. The standard InChI is InChI=1S/C11H11ClN4OS/c1-6(11-14-2-3-18-11)16-10(17)8-4-7(13)5-15-9(8)12/h2-6H,13H2,1H3,(H,16,17). The highest BCUT2D eigenvalue weighted by molar-refractivity contribution is 7.09. The van der Waals surface area contributed by atoms with Crippen molar-refractivity contribution in [3.63, 3.8) is 0 Å². The molecule has 0 aliphatic heterocycles. The number of nitrogens with zero attached hydrogens (tertiary/aromatic N) is 2. The molecule has 2 rings (SSSR count). The number of hydrogen-bond donors (Lipinski definition) is 2. The SMILES string of the molecule is CC(NC(=O)c1cc(N)cnc1Cl)c1nccs1. The highest BCUT2D eigenvalue weighted by atomic mass is 35.5. The molecular weight excluding hydrogens is 272 g/mol. The fourth-order valence-electron chi connectivity index (χ4n) is 1.41. The average molecular weight is 283 g/mol. The van der Waals surface area contributed by atoms with Gasteiger partial charge in [-0.3, -0.25) is 4.79 Å². The van der Waals surface area contributed by atoms with Crippen LogP contribution in [0.3, 0.4) is 0 Å². The molecule has 2 heterocycles. The Kier molecular flexibility index (Phi) is 3.78. The number of nitrogens with two attached hydrogens (primary N) is 1. The normalized spacial score (nSPS) is 12.1. The van der Waals surface area contributed by atoms with Crippen LogP contribution in [0.2, 0.25) is 5.15 Å². The van der Waals surface area contributed by atoms with Crippen LogP contribution in [0.1, 0.15) is 28.3 Å². The second kappa shape index (κ2) is 5.32. The average Bonchev–Trinajstić information content (AvgIpc) is 2.85. The minimum Gasteiger partial charge on any atom is -0.397 e. The molecule has 2 aromatic rings. The molecule has 0 aliphatic carbocycles. The Labute approximate surface area is 113 Å². The van der Waals surface area contributed by atoms with Gasteiger partial charge in [0.1, 0.15) is 10.2 Å². The lowest BCUT2D eigenvalue weighted by Gasteiger charge is -2.12. The number of rotatable bonds is 3. The highest BCUT2D eigenvalue weighted by Gasteiger charge is 2.16. The summed E-state index contributed by atoms with van der Waals surface area (Å²) in [6, 6.07) is 1.31. The van der Waals surface area contributed by atoms with Crippen molar-refractivity contribution in [3.8, 4) is 0 Å². The number of nitrogens with one attached hydrogen (secondary N) is 1. The molecule has 0 bridgehead atoms. The van der Waals surface area contributed by atoms with Crippen molar-refractivity contribution >= 4 is 34.5 Å². The molecule has 0 aromatic carbocycles. The lowest BCUT2D eigenvalue weighted by Crippen LogP contribution is -2.27. The van der Waals surface area contributed by atoms with Gasteiger partial charge < -0.3 is 11.1 Å². The van der Waals surface area contributed by atoms with E-state index in [4.69, 9.17) is 17.3 Å². The molecular formula is C11H11ClN4OS. The molecule has 0 saturated heterocycles. The smallest absolute Gasteiger partial charge is 0.255 e. The van der Waals surface area contributed by atoms with Gasteiger partial charge in [-0.1, -0.05) is 11.6 Å². The van der Waals surface area contributed by atoms with Gasteiger partial charge in [0.15, 0.2) is 0 Å². The summed E-state index contributed by atoms with van der Waals surface area (Å²) < 4.78 is 0. The summed E-state index contributed by atoms with van der Waals surface area (Å²) in [6.07, 6.45) is 3.10. The lowest BCUT2D eigenvalue weighted by molar-refractivity contribution is 0.0939. The van der Waals surface area contributed by atoms with Crippen LogP contribution in [0.5, 0.6) is 0 Å². The second-order valence-corrected chi connectivity index (χ2v) is 4.96. The third-order valence-corrected chi connectivity index (χ3v) is 3.53. The van der Waals surface area contributed by atoms with Gasteiger partial charge in [0.25, 0.3) is 5.91 Å². The molecule has 5 nitrogen and oxygen atoms in total. The Hall–Kier alpha value is -1.66. The van der Waals surface area contributed by atoms with Crippen LogP contribution >= 0.6 is 22.9 Å². The number of thiazole rings is 1. The van der Waals surface area contributed by atoms with Crippen LogP contribution in [-0.4, -0.2) is 15.9 Å². The van der Waals surface area contributed by atoms with Crippen LogP contribution in [-0.2, 0) is 0 Å². The Morgan fingerprint density at radius 2 is 2.33 bits per heavy atom. The Bertz CT molecular complexity index is 558. The first-order valence-electron chi connectivity index (χ1n) is 5.19. The summed E-state index contributed by atoms with van der Waals surface area (Å²) >= 11 is 7.34. The van der Waals surface area contributed by atoms with Crippen LogP contribution in [0.4, 0.5) is 5.69 Å². The van der Waals surface area contributed by atoms with Gasteiger partial charge in [-0.2, -0.15) is 0 Å². The molecule has 94 valence electrons. The molecule has 0 radical (unpaired) electrons. The summed E-state index contributed by atoms with van der Waals surface area (Å²) in [7, 11) is 0. The molecule has 3 N–H and O–H groups in total. The van der Waals surface area contributed by atoms with Crippen LogP contribution in [0, 0.1) is 0 Å². The van der Waals surface area contributed by atoms with E-state index in [0.29, 0.717) is 5.69 Å². The van der Waals surface area contributed by atoms with E-state index in [1.807, 2.05) is 12.3 Å². The third-order valence-electron chi connectivity index (χ3n) is 2.27. The first kappa shape index (κ1) is 12.8. The number of carbonyl (C=O) groups excluding carboxylic acids is 1. The minimum absolute atomic E-state index is 0.132. The molecule has 1 atom stereocenters. The Morgan fingerprint density at radius 1 is 1.56 bits per heavy atom. The fraction of sp³-hybridized carbons (Fsp3) is 0.182. The van der Waals surface area contributed by atoms with E-state index in [1.165, 1.54) is 23.6 Å². The molecule has 1 amide bonds. The number of hydrogen-bond acceptors (Lipinski definition) is 5. The Morgan fingerprint density at radius 3 is 3.00 bits per heavy atom. The summed E-state index contributed by atoms with van der Waals surface area (Å²) in [6.45, 7) is 1.85. The van der Waals surface area contributed by atoms with Crippen molar-refractivity contribution in [3.05, 3.63) is 39.6 Å². The van der Waals surface area contributed by atoms with E-state index in [0.717, 1.165) is 5.01 Å². The van der Waals surface area contributed by atoms with E-state index >= 15 is 0 Å². The number of amides is 1. The van der Waals surface area contributed by atoms with E-state index in [9.17, 15) is 4.79 Å². The van der Waals surface area contributed by atoms with Crippen LogP contribution in [0.25, 0.3) is 0 Å². The molecule has 0 saturated carbocycles. The van der Waals surface area contributed by atoms with Gasteiger partial charge in [0, 0.05) is 11.6 Å². The second-order valence-electron chi connectivity index (χ2n) is 3.67. The number of halogens is 1. The van der Waals surface area contributed by atoms with Crippen molar-refractivity contribution in [1.82, 2.24) is 15.3 Å². The van der Waals surface area contributed by atoms with Gasteiger partial charge >= 0.3 is 0 Å². The zero-order valence-electron chi connectivity index (χ0n) is 9.55.